The lowest BCUT2D eigenvalue weighted by molar-refractivity contribution is -0.134. The zero-order valence-corrected chi connectivity index (χ0v) is 22.6. The number of nitrogens with one attached hydrogen (secondary N) is 1. The first kappa shape index (κ1) is 28.6. The third-order valence-electron chi connectivity index (χ3n) is 6.76. The number of fused-ring (bicyclic) bond motifs is 1. The minimum absolute atomic E-state index is 0.000460. The van der Waals surface area contributed by atoms with Crippen LogP contribution >= 0.6 is 0 Å². The summed E-state index contributed by atoms with van der Waals surface area (Å²) in [4.78, 5) is 39.4. The topological polar surface area (TPSA) is 153 Å². The van der Waals surface area contributed by atoms with E-state index < -0.39 is 11.9 Å². The molecule has 0 aliphatic heterocycles. The van der Waals surface area contributed by atoms with E-state index in [9.17, 15) is 19.5 Å². The van der Waals surface area contributed by atoms with Gasteiger partial charge in [-0.15, -0.1) is 15.0 Å². The molecule has 204 valence electrons. The van der Waals surface area contributed by atoms with Crippen LogP contribution in [0.15, 0.2) is 30.3 Å². The molecule has 3 rings (SSSR count). The summed E-state index contributed by atoms with van der Waals surface area (Å²) < 4.78 is 5.08. The van der Waals surface area contributed by atoms with Gasteiger partial charge >= 0.3 is 5.97 Å². The van der Waals surface area contributed by atoms with Crippen LogP contribution in [0.1, 0.15) is 75.4 Å². The number of amides is 2. The maximum Gasteiger partial charge on any atom is 0.338 e. The number of phenols is 1. The SMILES string of the molecule is CCOC(=O)c1ccc2nn(-c3cc(C(C)(C)CC)cc(CN(CC)C(=O)CCC(=O)NN)c3O)nc2c1. The van der Waals surface area contributed by atoms with Crippen LogP contribution in [0.25, 0.3) is 16.7 Å². The highest BCUT2D eigenvalue weighted by molar-refractivity contribution is 5.93. The Balaban J connectivity index is 2.05. The smallest absolute Gasteiger partial charge is 0.338 e. The van der Waals surface area contributed by atoms with Crippen molar-refractivity contribution in [3.8, 4) is 11.4 Å². The Morgan fingerprint density at radius 2 is 1.79 bits per heavy atom. The van der Waals surface area contributed by atoms with Crippen LogP contribution < -0.4 is 11.3 Å². The number of hydrogen-bond acceptors (Lipinski definition) is 8. The second-order valence-electron chi connectivity index (χ2n) is 9.63. The van der Waals surface area contributed by atoms with Gasteiger partial charge in [-0.05, 0) is 61.6 Å². The molecule has 2 aromatic carbocycles. The van der Waals surface area contributed by atoms with Crippen molar-refractivity contribution < 1.29 is 24.2 Å². The van der Waals surface area contributed by atoms with Crippen molar-refractivity contribution in [2.75, 3.05) is 13.2 Å². The molecular formula is C27H36N6O5. The third-order valence-corrected chi connectivity index (χ3v) is 6.76. The molecule has 1 heterocycles. The molecule has 2 amide bonds. The summed E-state index contributed by atoms with van der Waals surface area (Å²) in [5.74, 6) is 3.96. The number of hydrogen-bond donors (Lipinski definition) is 3. The highest BCUT2D eigenvalue weighted by atomic mass is 16.5. The van der Waals surface area contributed by atoms with Gasteiger partial charge in [-0.2, -0.15) is 0 Å². The third kappa shape index (κ3) is 6.28. The van der Waals surface area contributed by atoms with Gasteiger partial charge in [0.1, 0.15) is 22.5 Å². The van der Waals surface area contributed by atoms with Gasteiger partial charge in [0.05, 0.1) is 12.2 Å². The van der Waals surface area contributed by atoms with Crippen LogP contribution in [0.4, 0.5) is 0 Å². The first-order valence-corrected chi connectivity index (χ1v) is 12.7. The fourth-order valence-electron chi connectivity index (χ4n) is 3.94. The number of aromatic nitrogens is 3. The van der Waals surface area contributed by atoms with E-state index in [1.165, 1.54) is 4.80 Å². The Hall–Kier alpha value is -3.99. The molecule has 4 N–H and O–H groups in total. The molecule has 1 aromatic heterocycles. The number of carbonyl (C=O) groups excluding carboxylic acids is 3. The molecule has 0 saturated heterocycles. The Labute approximate surface area is 221 Å². The predicted octanol–water partition coefficient (Wildman–Crippen LogP) is 3.11. The van der Waals surface area contributed by atoms with Gasteiger partial charge in [-0.25, -0.2) is 10.6 Å². The van der Waals surface area contributed by atoms with E-state index in [-0.39, 0.29) is 43.1 Å². The van der Waals surface area contributed by atoms with Crippen molar-refractivity contribution in [2.45, 2.75) is 65.8 Å². The van der Waals surface area contributed by atoms with Crippen LogP contribution in [0.3, 0.4) is 0 Å². The first-order chi connectivity index (χ1) is 18.0. The van der Waals surface area contributed by atoms with Crippen molar-refractivity contribution in [1.82, 2.24) is 25.3 Å². The number of ether oxygens (including phenoxy) is 1. The molecule has 0 atom stereocenters. The summed E-state index contributed by atoms with van der Waals surface area (Å²) in [6.45, 7) is 10.6. The lowest BCUT2D eigenvalue weighted by atomic mass is 9.81. The lowest BCUT2D eigenvalue weighted by Gasteiger charge is -2.27. The fraction of sp³-hybridized carbons (Fsp3) is 0.444. The molecule has 0 unspecified atom stereocenters. The average Bonchev–Trinajstić information content (AvgIpc) is 3.34. The quantitative estimate of drug-likeness (QED) is 0.150. The van der Waals surface area contributed by atoms with Gasteiger partial charge in [0.15, 0.2) is 0 Å². The van der Waals surface area contributed by atoms with Gasteiger partial charge in [-0.1, -0.05) is 20.8 Å². The van der Waals surface area contributed by atoms with Gasteiger partial charge in [0, 0.05) is 31.5 Å². The van der Waals surface area contributed by atoms with Gasteiger partial charge in [0.25, 0.3) is 0 Å². The van der Waals surface area contributed by atoms with E-state index in [0.29, 0.717) is 34.4 Å². The number of nitrogens with zero attached hydrogens (tertiary/aromatic N) is 4. The highest BCUT2D eigenvalue weighted by Gasteiger charge is 2.25. The van der Waals surface area contributed by atoms with Crippen molar-refractivity contribution in [3.63, 3.8) is 0 Å². The standard InChI is InChI=1S/C27H36N6O5/c1-6-27(4,5)19-13-18(16-32(7-2)24(35)12-11-23(34)29-28)25(36)22(15-19)33-30-20-10-9-17(14-21(20)31-33)26(37)38-8-3/h9-10,13-15,36H,6-8,11-12,16,28H2,1-5H3,(H,29,34). The zero-order chi connectivity index (χ0) is 28.0. The van der Waals surface area contributed by atoms with E-state index in [1.807, 2.05) is 24.5 Å². The number of aromatic hydroxyl groups is 1. The van der Waals surface area contributed by atoms with Crippen LogP contribution in [0.2, 0.25) is 0 Å². The van der Waals surface area contributed by atoms with Crippen molar-refractivity contribution >= 4 is 28.8 Å². The monoisotopic (exact) mass is 524 g/mol. The van der Waals surface area contributed by atoms with Crippen molar-refractivity contribution in [3.05, 3.63) is 47.0 Å². The molecule has 0 saturated carbocycles. The second kappa shape index (κ2) is 12.0. The van der Waals surface area contributed by atoms with E-state index >= 15 is 0 Å². The number of esters is 1. The van der Waals surface area contributed by atoms with Crippen LogP contribution in [0.5, 0.6) is 5.75 Å². The summed E-state index contributed by atoms with van der Waals surface area (Å²) in [7, 11) is 0. The molecule has 0 fully saturated rings. The maximum absolute atomic E-state index is 12.8. The van der Waals surface area contributed by atoms with Crippen LogP contribution in [0, 0.1) is 0 Å². The van der Waals surface area contributed by atoms with E-state index in [4.69, 9.17) is 10.6 Å². The van der Waals surface area contributed by atoms with E-state index in [2.05, 4.69) is 31.0 Å². The normalized spacial score (nSPS) is 11.4. The minimum Gasteiger partial charge on any atom is -0.505 e. The first-order valence-electron chi connectivity index (χ1n) is 12.7. The molecule has 11 nitrogen and oxygen atoms in total. The van der Waals surface area contributed by atoms with Gasteiger partial charge < -0.3 is 14.7 Å². The molecule has 0 spiro atoms. The molecule has 11 heteroatoms. The maximum atomic E-state index is 12.8. The molecule has 0 aliphatic carbocycles. The molecule has 0 aliphatic rings. The summed E-state index contributed by atoms with van der Waals surface area (Å²) in [5, 5.41) is 20.4. The molecule has 3 aromatic rings. The Morgan fingerprint density at radius 3 is 2.42 bits per heavy atom. The number of hydrazine groups is 1. The Morgan fingerprint density at radius 1 is 1.08 bits per heavy atom. The second-order valence-corrected chi connectivity index (χ2v) is 9.63. The summed E-state index contributed by atoms with van der Waals surface area (Å²) in [6, 6.07) is 8.64. The largest absolute Gasteiger partial charge is 0.505 e. The Bertz CT molecular complexity index is 1330. The number of benzene rings is 2. The number of rotatable bonds is 11. The summed E-state index contributed by atoms with van der Waals surface area (Å²) >= 11 is 0. The van der Waals surface area contributed by atoms with Gasteiger partial charge in [0.2, 0.25) is 11.8 Å². The zero-order valence-electron chi connectivity index (χ0n) is 22.6. The summed E-state index contributed by atoms with van der Waals surface area (Å²) in [5.41, 5.74) is 5.01. The molecule has 0 radical (unpaired) electrons. The number of carbonyl (C=O) groups is 3. The van der Waals surface area contributed by atoms with Crippen LogP contribution in [-0.4, -0.2) is 55.9 Å². The lowest BCUT2D eigenvalue weighted by Crippen LogP contribution is -2.34. The highest BCUT2D eigenvalue weighted by Crippen LogP contribution is 2.35. The fourth-order valence-corrected chi connectivity index (χ4v) is 3.94. The molecular weight excluding hydrogens is 488 g/mol. The Kier molecular flexibility index (Phi) is 9.05. The summed E-state index contributed by atoms with van der Waals surface area (Å²) in [6.07, 6.45) is 0.807. The van der Waals surface area contributed by atoms with Gasteiger partial charge in [-0.3, -0.25) is 15.0 Å². The van der Waals surface area contributed by atoms with Crippen LogP contribution in [-0.2, 0) is 26.3 Å². The number of phenolic OH excluding ortho intramolecular Hbond substituents is 1. The average molecular weight is 525 g/mol. The molecule has 0 bridgehead atoms. The van der Waals surface area contributed by atoms with Crippen molar-refractivity contribution in [1.29, 1.82) is 0 Å². The predicted molar refractivity (Wildman–Crippen MR) is 142 cm³/mol. The van der Waals surface area contributed by atoms with E-state index in [1.54, 1.807) is 30.0 Å². The van der Waals surface area contributed by atoms with E-state index in [0.717, 1.165) is 12.0 Å². The molecule has 38 heavy (non-hydrogen) atoms. The number of nitrogens with two attached hydrogens (primary N) is 1. The van der Waals surface area contributed by atoms with Crippen molar-refractivity contribution in [2.24, 2.45) is 5.84 Å². The minimum atomic E-state index is -0.450.